The Hall–Kier alpha value is -0.920. The Labute approximate surface area is 115 Å². The third kappa shape index (κ3) is 6.17. The first-order valence-electron chi connectivity index (χ1n) is 6.48. The summed E-state index contributed by atoms with van der Waals surface area (Å²) in [6.07, 6.45) is 5.81. The standard InChI is InChI=1S/C12H24N4O2S/c1-10-8-14-16(9-10)12(3)11(2)13-6-5-7-15-19(4,17)18/h8-9,11-13,15H,5-7H2,1-4H3/t11-,12-/m1/s1. The monoisotopic (exact) mass is 288 g/mol. The lowest BCUT2D eigenvalue weighted by atomic mass is 10.1. The van der Waals surface area contributed by atoms with Crippen LogP contribution in [-0.4, -0.2) is 43.6 Å². The van der Waals surface area contributed by atoms with Gasteiger partial charge >= 0.3 is 0 Å². The zero-order chi connectivity index (χ0) is 14.5. The highest BCUT2D eigenvalue weighted by molar-refractivity contribution is 7.88. The minimum Gasteiger partial charge on any atom is -0.312 e. The van der Waals surface area contributed by atoms with Gasteiger partial charge in [0.25, 0.3) is 0 Å². The van der Waals surface area contributed by atoms with Crippen molar-refractivity contribution in [2.75, 3.05) is 19.3 Å². The van der Waals surface area contributed by atoms with Gasteiger partial charge in [-0.3, -0.25) is 4.68 Å². The normalized spacial score (nSPS) is 15.4. The number of rotatable bonds is 8. The van der Waals surface area contributed by atoms with Crippen molar-refractivity contribution in [1.29, 1.82) is 0 Å². The smallest absolute Gasteiger partial charge is 0.208 e. The predicted molar refractivity (Wildman–Crippen MR) is 76.6 cm³/mol. The van der Waals surface area contributed by atoms with Crippen LogP contribution >= 0.6 is 0 Å². The summed E-state index contributed by atoms with van der Waals surface area (Å²) in [7, 11) is -3.07. The molecule has 1 aromatic rings. The Morgan fingerprint density at radius 2 is 2.05 bits per heavy atom. The third-order valence-corrected chi connectivity index (χ3v) is 3.78. The molecule has 1 heterocycles. The van der Waals surface area contributed by atoms with Gasteiger partial charge in [-0.25, -0.2) is 13.1 Å². The van der Waals surface area contributed by atoms with E-state index < -0.39 is 10.0 Å². The zero-order valence-corrected chi connectivity index (χ0v) is 12.9. The van der Waals surface area contributed by atoms with Crippen LogP contribution in [0, 0.1) is 6.92 Å². The van der Waals surface area contributed by atoms with E-state index in [1.54, 1.807) is 0 Å². The highest BCUT2D eigenvalue weighted by atomic mass is 32.2. The molecule has 0 bridgehead atoms. The molecule has 7 heteroatoms. The number of aryl methyl sites for hydroxylation is 1. The fraction of sp³-hybridized carbons (Fsp3) is 0.750. The van der Waals surface area contributed by atoms with Crippen molar-refractivity contribution in [3.63, 3.8) is 0 Å². The Morgan fingerprint density at radius 1 is 1.37 bits per heavy atom. The molecule has 110 valence electrons. The number of nitrogens with zero attached hydrogens (tertiary/aromatic N) is 2. The lowest BCUT2D eigenvalue weighted by Crippen LogP contribution is -2.36. The van der Waals surface area contributed by atoms with Gasteiger partial charge in [-0.1, -0.05) is 0 Å². The molecule has 0 saturated heterocycles. The second-order valence-corrected chi connectivity index (χ2v) is 6.83. The van der Waals surface area contributed by atoms with Crippen LogP contribution in [0.1, 0.15) is 31.9 Å². The molecule has 0 aliphatic carbocycles. The van der Waals surface area contributed by atoms with Gasteiger partial charge in [0.2, 0.25) is 10.0 Å². The fourth-order valence-electron chi connectivity index (χ4n) is 1.73. The van der Waals surface area contributed by atoms with Crippen molar-refractivity contribution in [2.45, 2.75) is 39.3 Å². The maximum absolute atomic E-state index is 10.9. The van der Waals surface area contributed by atoms with Crippen LogP contribution in [0.15, 0.2) is 12.4 Å². The largest absolute Gasteiger partial charge is 0.312 e. The van der Waals surface area contributed by atoms with Crippen LogP contribution < -0.4 is 10.0 Å². The maximum Gasteiger partial charge on any atom is 0.208 e. The molecule has 1 rings (SSSR count). The Kier molecular flexibility index (Phi) is 5.96. The molecule has 19 heavy (non-hydrogen) atoms. The summed E-state index contributed by atoms with van der Waals surface area (Å²) < 4.78 is 26.2. The lowest BCUT2D eigenvalue weighted by Gasteiger charge is -2.21. The number of sulfonamides is 1. The zero-order valence-electron chi connectivity index (χ0n) is 12.0. The summed E-state index contributed by atoms with van der Waals surface area (Å²) in [6, 6.07) is 0.536. The van der Waals surface area contributed by atoms with Gasteiger partial charge in [0.15, 0.2) is 0 Å². The van der Waals surface area contributed by atoms with E-state index >= 15 is 0 Å². The van der Waals surface area contributed by atoms with Crippen molar-refractivity contribution in [2.24, 2.45) is 0 Å². The van der Waals surface area contributed by atoms with Crippen LogP contribution in [0.4, 0.5) is 0 Å². The van der Waals surface area contributed by atoms with Gasteiger partial charge in [-0.05, 0) is 39.3 Å². The second-order valence-electron chi connectivity index (χ2n) is 5.00. The van der Waals surface area contributed by atoms with Crippen LogP contribution in [0.3, 0.4) is 0 Å². The second kappa shape index (κ2) is 7.02. The molecule has 0 aromatic carbocycles. The maximum atomic E-state index is 10.9. The van der Waals surface area contributed by atoms with Gasteiger partial charge in [0.05, 0.1) is 18.5 Å². The van der Waals surface area contributed by atoms with Gasteiger partial charge in [-0.2, -0.15) is 5.10 Å². The third-order valence-electron chi connectivity index (χ3n) is 3.06. The minimum absolute atomic E-state index is 0.261. The van der Waals surface area contributed by atoms with Crippen LogP contribution in [0.5, 0.6) is 0 Å². The SMILES string of the molecule is Cc1cnn([C@H](C)[C@@H](C)NCCCNS(C)(=O)=O)c1. The Morgan fingerprint density at radius 3 is 2.58 bits per heavy atom. The molecule has 2 atom stereocenters. The lowest BCUT2D eigenvalue weighted by molar-refractivity contribution is 0.365. The van der Waals surface area contributed by atoms with Crippen LogP contribution in [0.2, 0.25) is 0 Å². The summed E-state index contributed by atoms with van der Waals surface area (Å²) in [5, 5.41) is 7.68. The van der Waals surface area contributed by atoms with E-state index in [9.17, 15) is 8.42 Å². The average molecular weight is 288 g/mol. The van der Waals surface area contributed by atoms with Gasteiger partial charge < -0.3 is 5.32 Å². The number of nitrogens with one attached hydrogen (secondary N) is 2. The van der Waals surface area contributed by atoms with Crippen molar-refractivity contribution in [1.82, 2.24) is 19.8 Å². The molecule has 0 aliphatic rings. The Balaban J connectivity index is 2.26. The van der Waals surface area contributed by atoms with Gasteiger partial charge in [0, 0.05) is 18.8 Å². The average Bonchev–Trinajstić information content (AvgIpc) is 2.72. The van der Waals surface area contributed by atoms with E-state index in [4.69, 9.17) is 0 Å². The highest BCUT2D eigenvalue weighted by Crippen LogP contribution is 2.10. The summed E-state index contributed by atoms with van der Waals surface area (Å²) in [6.45, 7) is 7.47. The van der Waals surface area contributed by atoms with Crippen LogP contribution in [0.25, 0.3) is 0 Å². The molecule has 0 saturated carbocycles. The van der Waals surface area contributed by atoms with Crippen molar-refractivity contribution < 1.29 is 8.42 Å². The van der Waals surface area contributed by atoms with E-state index in [0.717, 1.165) is 18.5 Å². The van der Waals surface area contributed by atoms with Gasteiger partial charge in [-0.15, -0.1) is 0 Å². The summed E-state index contributed by atoms with van der Waals surface area (Å²) in [5.74, 6) is 0. The van der Waals surface area contributed by atoms with Crippen LogP contribution in [-0.2, 0) is 10.0 Å². The molecule has 0 fully saturated rings. The molecule has 0 radical (unpaired) electrons. The highest BCUT2D eigenvalue weighted by Gasteiger charge is 2.13. The fourth-order valence-corrected chi connectivity index (χ4v) is 2.25. The first-order chi connectivity index (χ1) is 8.79. The van der Waals surface area contributed by atoms with E-state index in [1.807, 2.05) is 24.0 Å². The molecule has 0 aliphatic heterocycles. The molecule has 1 aromatic heterocycles. The quantitative estimate of drug-likeness (QED) is 0.689. The van der Waals surface area contributed by atoms with E-state index in [0.29, 0.717) is 6.54 Å². The van der Waals surface area contributed by atoms with E-state index in [1.165, 1.54) is 6.26 Å². The van der Waals surface area contributed by atoms with E-state index in [2.05, 4.69) is 29.0 Å². The topological polar surface area (TPSA) is 76.0 Å². The number of hydrogen-bond donors (Lipinski definition) is 2. The molecule has 0 unspecified atom stereocenters. The molecular formula is C12H24N4O2S. The van der Waals surface area contributed by atoms with Gasteiger partial charge in [0.1, 0.15) is 0 Å². The summed E-state index contributed by atoms with van der Waals surface area (Å²) in [4.78, 5) is 0. The summed E-state index contributed by atoms with van der Waals surface area (Å²) in [5.41, 5.74) is 1.15. The molecule has 6 nitrogen and oxygen atoms in total. The number of hydrogen-bond acceptors (Lipinski definition) is 4. The Bertz CT molecular complexity index is 484. The van der Waals surface area contributed by atoms with E-state index in [-0.39, 0.29) is 12.1 Å². The predicted octanol–water partition coefficient (Wildman–Crippen LogP) is 0.670. The first-order valence-corrected chi connectivity index (χ1v) is 8.37. The molecule has 2 N–H and O–H groups in total. The van der Waals surface area contributed by atoms with Crippen molar-refractivity contribution in [3.8, 4) is 0 Å². The molecule has 0 amide bonds. The molecule has 0 spiro atoms. The molecular weight excluding hydrogens is 264 g/mol. The minimum atomic E-state index is -3.07. The number of aromatic nitrogens is 2. The summed E-state index contributed by atoms with van der Waals surface area (Å²) >= 11 is 0. The first kappa shape index (κ1) is 16.1. The van der Waals surface area contributed by atoms with Crippen molar-refractivity contribution >= 4 is 10.0 Å². The van der Waals surface area contributed by atoms with Crippen molar-refractivity contribution in [3.05, 3.63) is 18.0 Å².